The van der Waals surface area contributed by atoms with Crippen molar-refractivity contribution >= 4 is 11.9 Å². The summed E-state index contributed by atoms with van der Waals surface area (Å²) in [4.78, 5) is 25.9. The number of nitrogens with one attached hydrogen (secondary N) is 2. The van der Waals surface area contributed by atoms with Gasteiger partial charge < -0.3 is 15.5 Å². The van der Waals surface area contributed by atoms with E-state index in [-0.39, 0.29) is 23.5 Å². The quantitative estimate of drug-likeness (QED) is 0.820. The molecule has 4 bridgehead atoms. The number of urea groups is 1. The molecule has 1 unspecified atom stereocenters. The predicted octanol–water partition coefficient (Wildman–Crippen LogP) is 2.27. The van der Waals surface area contributed by atoms with Crippen molar-refractivity contribution in [2.24, 2.45) is 17.8 Å². The number of hydrogen-bond acceptors (Lipinski definition) is 2. The summed E-state index contributed by atoms with van der Waals surface area (Å²) in [5, 5.41) is 6.50. The van der Waals surface area contributed by atoms with Crippen LogP contribution in [0.15, 0.2) is 0 Å². The number of rotatable bonds is 2. The molecule has 1 atom stereocenters. The first-order chi connectivity index (χ1) is 11.0. The smallest absolute Gasteiger partial charge is 0.315 e. The van der Waals surface area contributed by atoms with E-state index in [0.717, 1.165) is 37.1 Å². The lowest BCUT2D eigenvalue weighted by Crippen LogP contribution is -2.63. The normalized spacial score (nSPS) is 41.7. The van der Waals surface area contributed by atoms with Crippen LogP contribution in [0.1, 0.15) is 58.3 Å². The maximum atomic E-state index is 12.5. The van der Waals surface area contributed by atoms with E-state index in [2.05, 4.69) is 10.6 Å². The van der Waals surface area contributed by atoms with Crippen molar-refractivity contribution in [3.8, 4) is 0 Å². The average molecular weight is 319 g/mol. The van der Waals surface area contributed by atoms with Crippen LogP contribution in [0.25, 0.3) is 0 Å². The molecule has 0 aromatic carbocycles. The summed E-state index contributed by atoms with van der Waals surface area (Å²) in [5.74, 6) is 2.62. The largest absolute Gasteiger partial charge is 0.341 e. The summed E-state index contributed by atoms with van der Waals surface area (Å²) in [6, 6.07) is 0.0870. The molecule has 5 rings (SSSR count). The standard InChI is InChI=1S/C18H29N3O2/c1-12(22)21-4-2-3-16(11-21)19-17(23)20-18-8-13-5-14(9-18)7-15(6-13)10-18/h13-16H,2-11H2,1H3,(H2,19,20,23). The molecule has 5 nitrogen and oxygen atoms in total. The summed E-state index contributed by atoms with van der Waals surface area (Å²) < 4.78 is 0. The molecule has 1 saturated heterocycles. The van der Waals surface area contributed by atoms with Crippen molar-refractivity contribution in [3.05, 3.63) is 0 Å². The van der Waals surface area contributed by atoms with E-state index in [4.69, 9.17) is 0 Å². The minimum absolute atomic E-state index is 0.0117. The Labute approximate surface area is 138 Å². The second-order valence-corrected chi connectivity index (χ2v) is 8.60. The fourth-order valence-electron chi connectivity index (χ4n) is 6.11. The van der Waals surface area contributed by atoms with Crippen LogP contribution in [-0.2, 0) is 4.79 Å². The van der Waals surface area contributed by atoms with Gasteiger partial charge in [0, 0.05) is 31.6 Å². The summed E-state index contributed by atoms with van der Waals surface area (Å²) >= 11 is 0. The maximum Gasteiger partial charge on any atom is 0.315 e. The molecule has 5 fully saturated rings. The Hall–Kier alpha value is -1.26. The zero-order valence-corrected chi connectivity index (χ0v) is 14.1. The van der Waals surface area contributed by atoms with E-state index >= 15 is 0 Å². The highest BCUT2D eigenvalue weighted by atomic mass is 16.2. The van der Waals surface area contributed by atoms with Gasteiger partial charge >= 0.3 is 6.03 Å². The first kappa shape index (κ1) is 15.3. The summed E-state index contributed by atoms with van der Waals surface area (Å²) in [5.41, 5.74) is 0.0633. The van der Waals surface area contributed by atoms with E-state index < -0.39 is 0 Å². The van der Waals surface area contributed by atoms with Crippen LogP contribution >= 0.6 is 0 Å². The number of piperidine rings is 1. The highest BCUT2D eigenvalue weighted by Gasteiger charge is 2.51. The van der Waals surface area contributed by atoms with E-state index in [0.29, 0.717) is 6.54 Å². The van der Waals surface area contributed by atoms with Crippen molar-refractivity contribution in [2.75, 3.05) is 13.1 Å². The van der Waals surface area contributed by atoms with E-state index in [1.54, 1.807) is 6.92 Å². The Balaban J connectivity index is 1.34. The highest BCUT2D eigenvalue weighted by molar-refractivity contribution is 5.76. The molecule has 4 aliphatic carbocycles. The van der Waals surface area contributed by atoms with Gasteiger partial charge in [0.05, 0.1) is 0 Å². The van der Waals surface area contributed by atoms with Crippen molar-refractivity contribution in [2.45, 2.75) is 69.9 Å². The molecule has 0 aromatic rings. The lowest BCUT2D eigenvalue weighted by Gasteiger charge is -2.56. The molecule has 5 heteroatoms. The average Bonchev–Trinajstić information content (AvgIpc) is 2.45. The lowest BCUT2D eigenvalue weighted by molar-refractivity contribution is -0.130. The van der Waals surface area contributed by atoms with Gasteiger partial charge in [-0.2, -0.15) is 0 Å². The van der Waals surface area contributed by atoms with Crippen LogP contribution in [0.2, 0.25) is 0 Å². The van der Waals surface area contributed by atoms with Crippen molar-refractivity contribution in [3.63, 3.8) is 0 Å². The summed E-state index contributed by atoms with van der Waals surface area (Å²) in [6.07, 6.45) is 9.64. The molecule has 1 aliphatic heterocycles. The zero-order valence-electron chi connectivity index (χ0n) is 14.1. The first-order valence-corrected chi connectivity index (χ1v) is 9.35. The van der Waals surface area contributed by atoms with E-state index in [1.807, 2.05) is 4.90 Å². The fourth-order valence-corrected chi connectivity index (χ4v) is 6.11. The molecule has 1 heterocycles. The van der Waals surface area contributed by atoms with Crippen LogP contribution in [-0.4, -0.2) is 41.5 Å². The minimum Gasteiger partial charge on any atom is -0.341 e. The number of amides is 3. The molecule has 4 saturated carbocycles. The molecular weight excluding hydrogens is 290 g/mol. The second-order valence-electron chi connectivity index (χ2n) is 8.60. The van der Waals surface area contributed by atoms with Crippen LogP contribution in [0.4, 0.5) is 4.79 Å². The SMILES string of the molecule is CC(=O)N1CCCC(NC(=O)NC23CC4CC(CC(C4)C2)C3)C1. The third-order valence-corrected chi connectivity index (χ3v) is 6.62. The Morgan fingerprint density at radius 2 is 1.65 bits per heavy atom. The van der Waals surface area contributed by atoms with Gasteiger partial charge in [-0.15, -0.1) is 0 Å². The van der Waals surface area contributed by atoms with Crippen LogP contribution in [0, 0.1) is 17.8 Å². The molecule has 5 aliphatic rings. The van der Waals surface area contributed by atoms with Crippen LogP contribution in [0.5, 0.6) is 0 Å². The van der Waals surface area contributed by atoms with Gasteiger partial charge in [-0.1, -0.05) is 0 Å². The first-order valence-electron chi connectivity index (χ1n) is 9.35. The number of hydrogen-bond donors (Lipinski definition) is 2. The Morgan fingerprint density at radius 1 is 1.04 bits per heavy atom. The van der Waals surface area contributed by atoms with Crippen molar-refractivity contribution < 1.29 is 9.59 Å². The van der Waals surface area contributed by atoms with Gasteiger partial charge in [-0.25, -0.2) is 4.79 Å². The Kier molecular flexibility index (Phi) is 3.77. The third kappa shape index (κ3) is 3.07. The predicted molar refractivity (Wildman–Crippen MR) is 87.8 cm³/mol. The van der Waals surface area contributed by atoms with Gasteiger partial charge in [0.2, 0.25) is 5.91 Å². The Morgan fingerprint density at radius 3 is 2.22 bits per heavy atom. The van der Waals surface area contributed by atoms with Crippen molar-refractivity contribution in [1.82, 2.24) is 15.5 Å². The molecule has 23 heavy (non-hydrogen) atoms. The molecule has 3 amide bonds. The zero-order chi connectivity index (χ0) is 16.0. The number of likely N-dealkylation sites (tertiary alicyclic amines) is 1. The molecule has 0 spiro atoms. The third-order valence-electron chi connectivity index (χ3n) is 6.62. The second kappa shape index (κ2) is 5.67. The van der Waals surface area contributed by atoms with Gasteiger partial charge in [0.1, 0.15) is 0 Å². The Bertz CT molecular complexity index is 469. The molecule has 0 radical (unpaired) electrons. The van der Waals surface area contributed by atoms with E-state index in [9.17, 15) is 9.59 Å². The lowest BCUT2D eigenvalue weighted by atomic mass is 9.53. The van der Waals surface area contributed by atoms with Crippen LogP contribution in [0.3, 0.4) is 0 Å². The molecule has 0 aromatic heterocycles. The fraction of sp³-hybridized carbons (Fsp3) is 0.889. The van der Waals surface area contributed by atoms with Gasteiger partial charge in [0.15, 0.2) is 0 Å². The number of nitrogens with zero attached hydrogens (tertiary/aromatic N) is 1. The molecule has 2 N–H and O–H groups in total. The van der Waals surface area contributed by atoms with Gasteiger partial charge in [0.25, 0.3) is 0 Å². The highest BCUT2D eigenvalue weighted by Crippen LogP contribution is 2.55. The van der Waals surface area contributed by atoms with E-state index in [1.165, 1.54) is 38.5 Å². The summed E-state index contributed by atoms with van der Waals surface area (Å²) in [7, 11) is 0. The topological polar surface area (TPSA) is 61.4 Å². The van der Waals surface area contributed by atoms with Crippen molar-refractivity contribution in [1.29, 1.82) is 0 Å². The number of carbonyl (C=O) groups is 2. The molecular formula is C18H29N3O2. The van der Waals surface area contributed by atoms with Crippen LogP contribution < -0.4 is 10.6 Å². The maximum absolute atomic E-state index is 12.5. The monoisotopic (exact) mass is 319 g/mol. The summed E-state index contributed by atoms with van der Waals surface area (Å²) in [6.45, 7) is 3.09. The van der Waals surface area contributed by atoms with Gasteiger partial charge in [-0.3, -0.25) is 4.79 Å². The number of carbonyl (C=O) groups excluding carboxylic acids is 2. The van der Waals surface area contributed by atoms with Gasteiger partial charge in [-0.05, 0) is 69.1 Å². The molecule has 128 valence electrons. The minimum atomic E-state index is -0.0117.